The highest BCUT2D eigenvalue weighted by molar-refractivity contribution is 7.15. The molecule has 112 valence electrons. The van der Waals surface area contributed by atoms with Gasteiger partial charge in [-0.1, -0.05) is 0 Å². The Bertz CT molecular complexity index is 436. The van der Waals surface area contributed by atoms with Crippen molar-refractivity contribution in [3.8, 4) is 0 Å². The lowest BCUT2D eigenvalue weighted by molar-refractivity contribution is 0.139. The van der Waals surface area contributed by atoms with Crippen molar-refractivity contribution in [2.24, 2.45) is 5.92 Å². The number of piperidine rings is 1. The van der Waals surface area contributed by atoms with Gasteiger partial charge in [0, 0.05) is 44.3 Å². The molecule has 0 spiro atoms. The Hall–Kier alpha value is -0.650. The molecule has 0 aromatic carbocycles. The molecular formula is C15H25N3OS. The van der Waals surface area contributed by atoms with Crippen LogP contribution in [0.15, 0.2) is 0 Å². The van der Waals surface area contributed by atoms with Crippen molar-refractivity contribution >= 4 is 16.5 Å². The number of hydrogen-bond donors (Lipinski definition) is 1. The lowest BCUT2D eigenvalue weighted by Gasteiger charge is -2.31. The molecule has 4 nitrogen and oxygen atoms in total. The molecule has 3 rings (SSSR count). The normalized spacial score (nSPS) is 20.6. The third-order valence-corrected chi connectivity index (χ3v) is 5.52. The van der Waals surface area contributed by atoms with Crippen LogP contribution in [-0.4, -0.2) is 37.8 Å². The summed E-state index contributed by atoms with van der Waals surface area (Å²) in [6.45, 7) is 6.28. The number of anilines is 1. The van der Waals surface area contributed by atoms with E-state index in [0.717, 1.165) is 38.2 Å². The summed E-state index contributed by atoms with van der Waals surface area (Å²) in [5.41, 5.74) is 1.21. The number of aromatic nitrogens is 1. The SMILES string of the molecule is COCC1CCN(c2nc(C)c(CNC3CC3)s2)CC1. The van der Waals surface area contributed by atoms with Gasteiger partial charge >= 0.3 is 0 Å². The minimum absolute atomic E-state index is 0.730. The van der Waals surface area contributed by atoms with E-state index in [2.05, 4.69) is 17.1 Å². The van der Waals surface area contributed by atoms with Gasteiger partial charge in [-0.2, -0.15) is 0 Å². The molecule has 0 bridgehead atoms. The summed E-state index contributed by atoms with van der Waals surface area (Å²) < 4.78 is 5.27. The number of hydrogen-bond acceptors (Lipinski definition) is 5. The highest BCUT2D eigenvalue weighted by Gasteiger charge is 2.23. The number of methoxy groups -OCH3 is 1. The van der Waals surface area contributed by atoms with E-state index in [4.69, 9.17) is 9.72 Å². The predicted molar refractivity (Wildman–Crippen MR) is 83.5 cm³/mol. The number of rotatable bonds is 6. The minimum Gasteiger partial charge on any atom is -0.384 e. The molecule has 2 heterocycles. The number of nitrogens with one attached hydrogen (secondary N) is 1. The van der Waals surface area contributed by atoms with Crippen LogP contribution in [0.2, 0.25) is 0 Å². The maximum Gasteiger partial charge on any atom is 0.185 e. The maximum absolute atomic E-state index is 5.27. The van der Waals surface area contributed by atoms with Gasteiger partial charge in [0.25, 0.3) is 0 Å². The molecule has 1 saturated heterocycles. The van der Waals surface area contributed by atoms with E-state index in [0.29, 0.717) is 0 Å². The zero-order valence-corrected chi connectivity index (χ0v) is 13.3. The molecule has 1 aliphatic carbocycles. The van der Waals surface area contributed by atoms with Crippen LogP contribution in [0.3, 0.4) is 0 Å². The molecule has 1 aromatic rings. The van der Waals surface area contributed by atoms with E-state index in [1.54, 1.807) is 7.11 Å². The quantitative estimate of drug-likeness (QED) is 0.875. The van der Waals surface area contributed by atoms with Crippen LogP contribution in [0, 0.1) is 12.8 Å². The van der Waals surface area contributed by atoms with Gasteiger partial charge < -0.3 is 15.0 Å². The van der Waals surface area contributed by atoms with Crippen molar-refractivity contribution in [2.75, 3.05) is 31.7 Å². The molecule has 0 unspecified atom stereocenters. The second kappa shape index (κ2) is 6.41. The highest BCUT2D eigenvalue weighted by atomic mass is 32.1. The summed E-state index contributed by atoms with van der Waals surface area (Å²) >= 11 is 1.87. The number of thiazole rings is 1. The van der Waals surface area contributed by atoms with Crippen LogP contribution < -0.4 is 10.2 Å². The Kier molecular flexibility index (Phi) is 4.58. The van der Waals surface area contributed by atoms with E-state index in [9.17, 15) is 0 Å². The molecule has 2 fully saturated rings. The molecule has 2 aliphatic rings. The molecule has 1 N–H and O–H groups in total. The lowest BCUT2D eigenvalue weighted by atomic mass is 9.98. The zero-order chi connectivity index (χ0) is 13.9. The van der Waals surface area contributed by atoms with Crippen LogP contribution in [0.4, 0.5) is 5.13 Å². The fourth-order valence-electron chi connectivity index (χ4n) is 2.76. The van der Waals surface area contributed by atoms with E-state index < -0.39 is 0 Å². The van der Waals surface area contributed by atoms with Crippen molar-refractivity contribution in [1.82, 2.24) is 10.3 Å². The van der Waals surface area contributed by atoms with Gasteiger partial charge in [-0.15, -0.1) is 11.3 Å². The van der Waals surface area contributed by atoms with Crippen molar-refractivity contribution < 1.29 is 4.74 Å². The van der Waals surface area contributed by atoms with Crippen molar-refractivity contribution in [3.05, 3.63) is 10.6 Å². The minimum atomic E-state index is 0.730. The van der Waals surface area contributed by atoms with Gasteiger partial charge in [-0.25, -0.2) is 4.98 Å². The van der Waals surface area contributed by atoms with Crippen molar-refractivity contribution in [2.45, 2.75) is 45.2 Å². The van der Waals surface area contributed by atoms with E-state index >= 15 is 0 Å². The van der Waals surface area contributed by atoms with Crippen LogP contribution in [0.25, 0.3) is 0 Å². The second-order valence-corrected chi connectivity index (χ2v) is 7.11. The third-order valence-electron chi connectivity index (χ3n) is 4.30. The fraction of sp³-hybridized carbons (Fsp3) is 0.800. The van der Waals surface area contributed by atoms with E-state index in [-0.39, 0.29) is 0 Å². The first-order chi connectivity index (χ1) is 9.76. The molecule has 1 saturated carbocycles. The topological polar surface area (TPSA) is 37.4 Å². The summed E-state index contributed by atoms with van der Waals surface area (Å²) in [5.74, 6) is 0.730. The monoisotopic (exact) mass is 295 g/mol. The molecule has 20 heavy (non-hydrogen) atoms. The number of nitrogens with zero attached hydrogens (tertiary/aromatic N) is 2. The van der Waals surface area contributed by atoms with Gasteiger partial charge in [0.1, 0.15) is 0 Å². The van der Waals surface area contributed by atoms with Gasteiger partial charge in [-0.05, 0) is 38.5 Å². The van der Waals surface area contributed by atoms with Crippen LogP contribution in [-0.2, 0) is 11.3 Å². The Balaban J connectivity index is 1.55. The highest BCUT2D eigenvalue weighted by Crippen LogP contribution is 2.30. The molecule has 0 atom stereocenters. The molecular weight excluding hydrogens is 270 g/mol. The lowest BCUT2D eigenvalue weighted by Crippen LogP contribution is -2.34. The van der Waals surface area contributed by atoms with Gasteiger partial charge in [0.15, 0.2) is 5.13 Å². The molecule has 5 heteroatoms. The number of ether oxygens (including phenoxy) is 1. The van der Waals surface area contributed by atoms with E-state index in [1.807, 2.05) is 11.3 Å². The Labute approximate surface area is 125 Å². The Morgan fingerprint density at radius 1 is 1.30 bits per heavy atom. The third kappa shape index (κ3) is 3.51. The first-order valence-electron chi connectivity index (χ1n) is 7.70. The Morgan fingerprint density at radius 2 is 2.05 bits per heavy atom. The maximum atomic E-state index is 5.27. The average molecular weight is 295 g/mol. The molecule has 1 aromatic heterocycles. The summed E-state index contributed by atoms with van der Waals surface area (Å²) in [5, 5.41) is 4.80. The molecule has 0 amide bonds. The van der Waals surface area contributed by atoms with Crippen molar-refractivity contribution in [1.29, 1.82) is 0 Å². The summed E-state index contributed by atoms with van der Waals surface area (Å²) in [6.07, 6.45) is 5.14. The van der Waals surface area contributed by atoms with Crippen LogP contribution >= 0.6 is 11.3 Å². The Morgan fingerprint density at radius 3 is 2.70 bits per heavy atom. The molecule has 1 aliphatic heterocycles. The summed E-state index contributed by atoms with van der Waals surface area (Å²) in [4.78, 5) is 8.63. The van der Waals surface area contributed by atoms with Gasteiger partial charge in [-0.3, -0.25) is 0 Å². The van der Waals surface area contributed by atoms with E-state index in [1.165, 1.54) is 41.4 Å². The van der Waals surface area contributed by atoms with Crippen LogP contribution in [0.1, 0.15) is 36.3 Å². The van der Waals surface area contributed by atoms with Gasteiger partial charge in [0.05, 0.1) is 5.69 Å². The largest absolute Gasteiger partial charge is 0.384 e. The first-order valence-corrected chi connectivity index (χ1v) is 8.51. The number of aryl methyl sites for hydroxylation is 1. The average Bonchev–Trinajstić information content (AvgIpc) is 3.21. The summed E-state index contributed by atoms with van der Waals surface area (Å²) in [7, 11) is 1.80. The first kappa shape index (κ1) is 14.3. The van der Waals surface area contributed by atoms with Gasteiger partial charge in [0.2, 0.25) is 0 Å². The standard InChI is InChI=1S/C15H25N3OS/c1-11-14(9-16-13-3-4-13)20-15(17-11)18-7-5-12(6-8-18)10-19-2/h12-13,16H,3-10H2,1-2H3. The fourth-order valence-corrected chi connectivity index (χ4v) is 3.83. The predicted octanol–water partition coefficient (Wildman–Crippen LogP) is 2.57. The molecule has 0 radical (unpaired) electrons. The second-order valence-electron chi connectivity index (χ2n) is 6.05. The zero-order valence-electron chi connectivity index (χ0n) is 12.5. The smallest absolute Gasteiger partial charge is 0.185 e. The summed E-state index contributed by atoms with van der Waals surface area (Å²) in [6, 6.07) is 0.768. The van der Waals surface area contributed by atoms with Crippen molar-refractivity contribution in [3.63, 3.8) is 0 Å². The van der Waals surface area contributed by atoms with Crippen LogP contribution in [0.5, 0.6) is 0 Å².